The number of amides is 1. The number of thioether (sulfide) groups is 1. The van der Waals surface area contributed by atoms with Gasteiger partial charge in [0, 0.05) is 23.0 Å². The fourth-order valence-corrected chi connectivity index (χ4v) is 5.24. The van der Waals surface area contributed by atoms with Gasteiger partial charge in [-0.15, -0.1) is 23.1 Å². The number of hydrogen-bond donors (Lipinski definition) is 1. The summed E-state index contributed by atoms with van der Waals surface area (Å²) in [5.74, 6) is 0.698. The predicted octanol–water partition coefficient (Wildman–Crippen LogP) is 4.23. The van der Waals surface area contributed by atoms with Gasteiger partial charge in [-0.2, -0.15) is 4.98 Å². The van der Waals surface area contributed by atoms with E-state index in [4.69, 9.17) is 0 Å². The van der Waals surface area contributed by atoms with E-state index in [0.29, 0.717) is 17.7 Å². The maximum Gasteiger partial charge on any atom is 0.354 e. The number of nitrogens with zero attached hydrogens (tertiary/aromatic N) is 3. The van der Waals surface area contributed by atoms with Gasteiger partial charge in [-0.05, 0) is 44.6 Å². The molecule has 0 radical (unpaired) electrons. The van der Waals surface area contributed by atoms with Gasteiger partial charge in [0.05, 0.1) is 16.4 Å². The van der Waals surface area contributed by atoms with Crippen molar-refractivity contribution in [3.05, 3.63) is 51.1 Å². The smallest absolute Gasteiger partial charge is 0.305 e. The maximum atomic E-state index is 12.5. The van der Waals surface area contributed by atoms with Crippen LogP contribution in [-0.4, -0.2) is 32.9 Å². The van der Waals surface area contributed by atoms with Crippen molar-refractivity contribution in [3.63, 3.8) is 0 Å². The Balaban J connectivity index is 1.92. The first kappa shape index (κ1) is 20.5. The van der Waals surface area contributed by atoms with Gasteiger partial charge < -0.3 is 5.32 Å². The zero-order valence-electron chi connectivity index (χ0n) is 15.7. The first-order chi connectivity index (χ1) is 13.5. The lowest BCUT2D eigenvalue weighted by molar-refractivity contribution is 0.102. The maximum absolute atomic E-state index is 12.5. The van der Waals surface area contributed by atoms with Crippen LogP contribution in [0.3, 0.4) is 0 Å². The van der Waals surface area contributed by atoms with E-state index in [9.17, 15) is 14.0 Å². The Morgan fingerprint density at radius 3 is 2.86 bits per heavy atom. The largest absolute Gasteiger partial charge is 0.354 e. The Bertz CT molecular complexity index is 988. The second-order valence-corrected chi connectivity index (χ2v) is 8.84. The zero-order chi connectivity index (χ0) is 20.1. The van der Waals surface area contributed by atoms with Crippen LogP contribution in [-0.2, 0) is 0 Å². The summed E-state index contributed by atoms with van der Waals surface area (Å²) >= 11 is 3.18. The summed E-state index contributed by atoms with van der Waals surface area (Å²) in [7, 11) is 0. The summed E-state index contributed by atoms with van der Waals surface area (Å²) in [5.41, 5.74) is 1.40. The number of fused-ring (bicyclic) bond motifs is 1. The van der Waals surface area contributed by atoms with Crippen molar-refractivity contribution < 1.29 is 9.18 Å². The number of alkyl halides is 1. The molecule has 2 aliphatic rings. The van der Waals surface area contributed by atoms with E-state index >= 15 is 0 Å². The fourth-order valence-electron chi connectivity index (χ4n) is 2.72. The minimum Gasteiger partial charge on any atom is -0.305 e. The van der Waals surface area contributed by atoms with Crippen LogP contribution in [0.1, 0.15) is 40.2 Å². The molecule has 3 heterocycles. The highest BCUT2D eigenvalue weighted by molar-refractivity contribution is 8.01. The minimum absolute atomic E-state index is 0.254. The monoisotopic (exact) mass is 420 g/mol. The average Bonchev–Trinajstić information content (AvgIpc) is 3.02. The van der Waals surface area contributed by atoms with Gasteiger partial charge in [-0.1, -0.05) is 6.42 Å². The molecule has 1 amide bonds. The number of hydrogen-bond acceptors (Lipinski definition) is 6. The van der Waals surface area contributed by atoms with Crippen LogP contribution >= 0.6 is 23.1 Å². The molecule has 0 atom stereocenters. The molecule has 0 saturated heterocycles. The summed E-state index contributed by atoms with van der Waals surface area (Å²) in [5, 5.41) is 2.75. The molecular formula is C19H21FN4O2S2. The van der Waals surface area contributed by atoms with Crippen molar-refractivity contribution in [3.8, 4) is 5.69 Å². The highest BCUT2D eigenvalue weighted by Gasteiger charge is 2.24. The number of aryl methyl sites for hydroxylation is 1. The number of anilines is 1. The normalized spacial score (nSPS) is 11.1. The molecule has 0 fully saturated rings. The van der Waals surface area contributed by atoms with E-state index < -0.39 is 5.69 Å². The van der Waals surface area contributed by atoms with Crippen LogP contribution < -0.4 is 11.0 Å². The molecule has 0 aliphatic carbocycles. The van der Waals surface area contributed by atoms with E-state index in [2.05, 4.69) is 15.3 Å². The molecule has 0 saturated carbocycles. The van der Waals surface area contributed by atoms with Crippen molar-refractivity contribution in [1.82, 2.24) is 14.5 Å². The standard InChI is InChI=1S/C19H21FN4O2S2/c1-12-13(2)28-18(27-10-5-3-4-8-20)15-16(23-19(26)24(12)15)22-17(25)14-7-6-9-21-11-14/h6-7,9,11H,3-5,8,10H2,1-2H3,(H,22,23,25,26). The Morgan fingerprint density at radius 2 is 2.14 bits per heavy atom. The van der Waals surface area contributed by atoms with Crippen LogP contribution in [0.25, 0.3) is 5.69 Å². The molecule has 0 spiro atoms. The summed E-state index contributed by atoms with van der Waals surface area (Å²) in [6.45, 7) is 3.53. The fraction of sp³-hybridized carbons (Fsp3) is 0.368. The molecule has 148 valence electrons. The molecule has 1 aromatic heterocycles. The van der Waals surface area contributed by atoms with Crippen molar-refractivity contribution >= 4 is 34.8 Å². The van der Waals surface area contributed by atoms with Gasteiger partial charge in [0.2, 0.25) is 0 Å². The second kappa shape index (κ2) is 9.29. The number of halogens is 1. The highest BCUT2D eigenvalue weighted by atomic mass is 32.2. The average molecular weight is 421 g/mol. The van der Waals surface area contributed by atoms with E-state index in [1.807, 2.05) is 13.8 Å². The number of pyridine rings is 1. The highest BCUT2D eigenvalue weighted by Crippen LogP contribution is 2.38. The SMILES string of the molecule is Cc1sc(SCCCCCF)c2c(NC(=O)c3cccnc3)nc(=O)n-2c1C. The summed E-state index contributed by atoms with van der Waals surface area (Å²) in [6.07, 6.45) is 5.33. The number of imidazole rings is 1. The van der Waals surface area contributed by atoms with Crippen molar-refractivity contribution in [2.45, 2.75) is 37.3 Å². The van der Waals surface area contributed by atoms with Gasteiger partial charge in [0.25, 0.3) is 5.91 Å². The molecule has 28 heavy (non-hydrogen) atoms. The van der Waals surface area contributed by atoms with Crippen molar-refractivity contribution in [2.75, 3.05) is 17.7 Å². The Morgan fingerprint density at radius 1 is 1.32 bits per heavy atom. The van der Waals surface area contributed by atoms with Crippen LogP contribution in [0.4, 0.5) is 10.2 Å². The molecular weight excluding hydrogens is 399 g/mol. The summed E-state index contributed by atoms with van der Waals surface area (Å²) in [6, 6.07) is 3.32. The van der Waals surface area contributed by atoms with Gasteiger partial charge in [0.1, 0.15) is 5.69 Å². The van der Waals surface area contributed by atoms with E-state index in [0.717, 1.165) is 33.4 Å². The number of nitrogens with one attached hydrogen (secondary N) is 1. The number of aromatic nitrogens is 3. The number of rotatable bonds is 8. The van der Waals surface area contributed by atoms with Crippen LogP contribution in [0, 0.1) is 13.8 Å². The van der Waals surface area contributed by atoms with Gasteiger partial charge in [-0.25, -0.2) is 4.79 Å². The lowest BCUT2D eigenvalue weighted by Crippen LogP contribution is -2.17. The topological polar surface area (TPSA) is 76.9 Å². The minimum atomic E-state index is -0.413. The molecule has 0 unspecified atom stereocenters. The first-order valence-corrected chi connectivity index (χ1v) is 10.8. The predicted molar refractivity (Wildman–Crippen MR) is 111 cm³/mol. The van der Waals surface area contributed by atoms with Crippen molar-refractivity contribution in [2.24, 2.45) is 0 Å². The lowest BCUT2D eigenvalue weighted by atomic mass is 10.2. The third kappa shape index (κ3) is 4.41. The first-order valence-electron chi connectivity index (χ1n) is 8.96. The number of carbonyl (C=O) groups is 1. The third-order valence-corrected chi connectivity index (χ3v) is 6.83. The Hall–Kier alpha value is -2.26. The van der Waals surface area contributed by atoms with Gasteiger partial charge >= 0.3 is 5.69 Å². The Kier molecular flexibility index (Phi) is 6.79. The molecule has 0 aromatic carbocycles. The van der Waals surface area contributed by atoms with Gasteiger partial charge in [0.15, 0.2) is 5.82 Å². The molecule has 0 bridgehead atoms. The van der Waals surface area contributed by atoms with E-state index in [-0.39, 0.29) is 18.4 Å². The van der Waals surface area contributed by atoms with Crippen LogP contribution in [0.2, 0.25) is 0 Å². The van der Waals surface area contributed by atoms with Crippen molar-refractivity contribution in [1.29, 1.82) is 0 Å². The number of unbranched alkanes of at least 4 members (excludes halogenated alkanes) is 2. The number of carbonyl (C=O) groups excluding carboxylic acids is 1. The quantitative estimate of drug-likeness (QED) is 0.436. The van der Waals surface area contributed by atoms with Crippen LogP contribution in [0.15, 0.2) is 33.5 Å². The molecule has 1 aromatic rings. The van der Waals surface area contributed by atoms with Gasteiger partial charge in [-0.3, -0.25) is 18.7 Å². The zero-order valence-corrected chi connectivity index (χ0v) is 17.3. The molecule has 1 N–H and O–H groups in total. The van der Waals surface area contributed by atoms with E-state index in [1.54, 1.807) is 46.0 Å². The summed E-state index contributed by atoms with van der Waals surface area (Å²) in [4.78, 5) is 34.1. The molecule has 3 rings (SSSR count). The second-order valence-electron chi connectivity index (χ2n) is 6.25. The summed E-state index contributed by atoms with van der Waals surface area (Å²) < 4.78 is 14.7. The molecule has 2 aliphatic heterocycles. The Labute approximate surface area is 170 Å². The van der Waals surface area contributed by atoms with Crippen LogP contribution in [0.5, 0.6) is 0 Å². The lowest BCUT2D eigenvalue weighted by Gasteiger charge is -2.15. The molecule has 6 nitrogen and oxygen atoms in total. The molecule has 9 heteroatoms. The van der Waals surface area contributed by atoms with E-state index in [1.165, 1.54) is 6.20 Å². The third-order valence-electron chi connectivity index (χ3n) is 4.30.